The van der Waals surface area contributed by atoms with Crippen molar-refractivity contribution < 1.29 is 0 Å². The molecule has 2 aromatic rings. The molecule has 0 unspecified atom stereocenters. The van der Waals surface area contributed by atoms with E-state index in [1.54, 1.807) is 0 Å². The molecular formula is C16H14. The van der Waals surface area contributed by atoms with Crippen molar-refractivity contribution in [3.05, 3.63) is 59.7 Å². The van der Waals surface area contributed by atoms with Gasteiger partial charge in [-0.2, -0.15) is 0 Å². The van der Waals surface area contributed by atoms with E-state index in [0.29, 0.717) is 0 Å². The number of aryl methyl sites for hydroxylation is 1. The summed E-state index contributed by atoms with van der Waals surface area (Å²) < 4.78 is 0. The molecule has 78 valence electrons. The van der Waals surface area contributed by atoms with Crippen LogP contribution in [-0.2, 0) is 6.42 Å². The molecule has 0 radical (unpaired) electrons. The molecule has 2 aromatic carbocycles. The number of hydrogen-bond donors (Lipinski definition) is 0. The van der Waals surface area contributed by atoms with Crippen LogP contribution in [-0.4, -0.2) is 0 Å². The van der Waals surface area contributed by atoms with Gasteiger partial charge >= 0.3 is 0 Å². The molecule has 0 aliphatic heterocycles. The van der Waals surface area contributed by atoms with Gasteiger partial charge in [-0.1, -0.05) is 49.2 Å². The highest BCUT2D eigenvalue weighted by molar-refractivity contribution is 5.65. The van der Waals surface area contributed by atoms with E-state index in [-0.39, 0.29) is 0 Å². The van der Waals surface area contributed by atoms with Gasteiger partial charge in [-0.25, -0.2) is 0 Å². The third-order valence-electron chi connectivity index (χ3n) is 2.72. The highest BCUT2D eigenvalue weighted by atomic mass is 14.0. The Balaban J connectivity index is 2.39. The zero-order valence-electron chi connectivity index (χ0n) is 9.40. The Hall–Kier alpha value is -2.00. The molecule has 0 spiro atoms. The number of hydrogen-bond acceptors (Lipinski definition) is 0. The largest absolute Gasteiger partial charge is 0.115 e. The topological polar surface area (TPSA) is 0 Å². The first kappa shape index (κ1) is 10.5. The molecule has 0 aromatic heterocycles. The van der Waals surface area contributed by atoms with Crippen molar-refractivity contribution in [1.82, 2.24) is 0 Å². The zero-order chi connectivity index (χ0) is 11.4. The molecular weight excluding hydrogens is 192 g/mol. The molecule has 0 bridgehead atoms. The average molecular weight is 206 g/mol. The molecule has 0 atom stereocenters. The van der Waals surface area contributed by atoms with Crippen LogP contribution in [0, 0.1) is 12.3 Å². The molecule has 0 N–H and O–H groups in total. The average Bonchev–Trinajstić information content (AvgIpc) is 2.39. The predicted octanol–water partition coefficient (Wildman–Crippen LogP) is 3.90. The summed E-state index contributed by atoms with van der Waals surface area (Å²) >= 11 is 0. The maximum absolute atomic E-state index is 5.39. The fourth-order valence-electron chi connectivity index (χ4n) is 1.72. The SMILES string of the molecule is C#Cc1cccc(-c2ccc(CC)cc2)c1. The molecule has 2 rings (SSSR count). The van der Waals surface area contributed by atoms with Crippen molar-refractivity contribution >= 4 is 0 Å². The summed E-state index contributed by atoms with van der Waals surface area (Å²) in [5.41, 5.74) is 4.68. The normalized spacial score (nSPS) is 9.75. The van der Waals surface area contributed by atoms with Crippen molar-refractivity contribution in [1.29, 1.82) is 0 Å². The fourth-order valence-corrected chi connectivity index (χ4v) is 1.72. The summed E-state index contributed by atoms with van der Waals surface area (Å²) in [6.07, 6.45) is 6.47. The number of rotatable bonds is 2. The molecule has 0 saturated heterocycles. The van der Waals surface area contributed by atoms with Crippen LogP contribution in [0.5, 0.6) is 0 Å². The van der Waals surface area contributed by atoms with E-state index in [1.165, 1.54) is 16.7 Å². The summed E-state index contributed by atoms with van der Waals surface area (Å²) in [5.74, 6) is 2.66. The van der Waals surface area contributed by atoms with E-state index in [9.17, 15) is 0 Å². The zero-order valence-corrected chi connectivity index (χ0v) is 9.40. The highest BCUT2D eigenvalue weighted by Gasteiger charge is 1.98. The van der Waals surface area contributed by atoms with Gasteiger partial charge in [0.1, 0.15) is 0 Å². The Morgan fingerprint density at radius 3 is 2.38 bits per heavy atom. The van der Waals surface area contributed by atoms with Crippen LogP contribution in [0.25, 0.3) is 11.1 Å². The maximum Gasteiger partial charge on any atom is 0.0248 e. The second kappa shape index (κ2) is 4.68. The standard InChI is InChI=1S/C16H14/c1-3-13-8-10-15(11-9-13)16-7-5-6-14(4-2)12-16/h2,5-12H,3H2,1H3. The molecule has 0 saturated carbocycles. The molecule has 0 heteroatoms. The first-order valence-electron chi connectivity index (χ1n) is 5.49. The first-order valence-corrected chi connectivity index (χ1v) is 5.49. The van der Waals surface area contributed by atoms with Gasteiger partial charge in [0, 0.05) is 5.56 Å². The van der Waals surface area contributed by atoms with Gasteiger partial charge in [0.25, 0.3) is 0 Å². The smallest absolute Gasteiger partial charge is 0.0248 e. The van der Waals surface area contributed by atoms with Crippen molar-refractivity contribution in [3.63, 3.8) is 0 Å². The molecule has 0 fully saturated rings. The van der Waals surface area contributed by atoms with Gasteiger partial charge in [0.15, 0.2) is 0 Å². The molecule has 0 aliphatic rings. The van der Waals surface area contributed by atoms with Gasteiger partial charge in [-0.05, 0) is 35.2 Å². The highest BCUT2D eigenvalue weighted by Crippen LogP contribution is 2.20. The first-order chi connectivity index (χ1) is 7.83. The van der Waals surface area contributed by atoms with E-state index in [4.69, 9.17) is 6.42 Å². The van der Waals surface area contributed by atoms with Gasteiger partial charge in [0.2, 0.25) is 0 Å². The summed E-state index contributed by atoms with van der Waals surface area (Å²) in [4.78, 5) is 0. The van der Waals surface area contributed by atoms with Gasteiger partial charge in [-0.15, -0.1) is 6.42 Å². The Morgan fingerprint density at radius 2 is 1.75 bits per heavy atom. The lowest BCUT2D eigenvalue weighted by Crippen LogP contribution is -1.82. The molecule has 0 nitrogen and oxygen atoms in total. The summed E-state index contributed by atoms with van der Waals surface area (Å²) in [6, 6.07) is 16.7. The lowest BCUT2D eigenvalue weighted by molar-refractivity contribution is 1.14. The molecule has 0 heterocycles. The van der Waals surface area contributed by atoms with Gasteiger partial charge < -0.3 is 0 Å². The molecule has 0 aliphatic carbocycles. The van der Waals surface area contributed by atoms with E-state index in [2.05, 4.69) is 43.2 Å². The van der Waals surface area contributed by atoms with Gasteiger partial charge in [0.05, 0.1) is 0 Å². The van der Waals surface area contributed by atoms with Crippen molar-refractivity contribution in [2.24, 2.45) is 0 Å². The van der Waals surface area contributed by atoms with Crippen LogP contribution in [0.3, 0.4) is 0 Å². The Labute approximate surface area is 96.9 Å². The van der Waals surface area contributed by atoms with Crippen LogP contribution in [0.15, 0.2) is 48.5 Å². The van der Waals surface area contributed by atoms with Crippen LogP contribution in [0.2, 0.25) is 0 Å². The predicted molar refractivity (Wildman–Crippen MR) is 69.2 cm³/mol. The molecule has 0 amide bonds. The lowest BCUT2D eigenvalue weighted by atomic mass is 10.0. The third-order valence-corrected chi connectivity index (χ3v) is 2.72. The number of benzene rings is 2. The van der Waals surface area contributed by atoms with Crippen molar-refractivity contribution in [2.75, 3.05) is 0 Å². The summed E-state index contributed by atoms with van der Waals surface area (Å²) in [6.45, 7) is 2.16. The minimum absolute atomic E-state index is 0.928. The fraction of sp³-hybridized carbons (Fsp3) is 0.125. The minimum Gasteiger partial charge on any atom is -0.115 e. The van der Waals surface area contributed by atoms with E-state index in [1.807, 2.05) is 18.2 Å². The van der Waals surface area contributed by atoms with Crippen molar-refractivity contribution in [3.8, 4) is 23.5 Å². The van der Waals surface area contributed by atoms with Crippen LogP contribution in [0.4, 0.5) is 0 Å². The Kier molecular flexibility index (Phi) is 3.08. The van der Waals surface area contributed by atoms with E-state index in [0.717, 1.165) is 12.0 Å². The summed E-state index contributed by atoms with van der Waals surface area (Å²) in [7, 11) is 0. The Morgan fingerprint density at radius 1 is 1.00 bits per heavy atom. The second-order valence-electron chi connectivity index (χ2n) is 3.78. The third kappa shape index (κ3) is 2.15. The molecule has 16 heavy (non-hydrogen) atoms. The monoisotopic (exact) mass is 206 g/mol. The number of terminal acetylenes is 1. The minimum atomic E-state index is 0.928. The second-order valence-corrected chi connectivity index (χ2v) is 3.78. The maximum atomic E-state index is 5.39. The lowest BCUT2D eigenvalue weighted by Gasteiger charge is -2.03. The summed E-state index contributed by atoms with van der Waals surface area (Å²) in [5, 5.41) is 0. The van der Waals surface area contributed by atoms with Crippen LogP contribution < -0.4 is 0 Å². The van der Waals surface area contributed by atoms with Crippen LogP contribution >= 0.6 is 0 Å². The van der Waals surface area contributed by atoms with E-state index < -0.39 is 0 Å². The van der Waals surface area contributed by atoms with Crippen molar-refractivity contribution in [2.45, 2.75) is 13.3 Å². The Bertz CT molecular complexity index is 512. The van der Waals surface area contributed by atoms with Crippen LogP contribution in [0.1, 0.15) is 18.1 Å². The quantitative estimate of drug-likeness (QED) is 0.654. The van der Waals surface area contributed by atoms with E-state index >= 15 is 0 Å². The van der Waals surface area contributed by atoms with Gasteiger partial charge in [-0.3, -0.25) is 0 Å².